The SMILES string of the molecule is CCS(=O)CCNC(=O)c1cc(O)ccc1Cl. The molecule has 0 heterocycles. The molecule has 0 aliphatic rings. The second kappa shape index (κ2) is 6.61. The van der Waals surface area contributed by atoms with Gasteiger partial charge in [0.05, 0.1) is 10.6 Å². The van der Waals surface area contributed by atoms with Crippen molar-refractivity contribution < 1.29 is 14.1 Å². The summed E-state index contributed by atoms with van der Waals surface area (Å²) in [4.78, 5) is 11.7. The van der Waals surface area contributed by atoms with E-state index in [1.54, 1.807) is 0 Å². The summed E-state index contributed by atoms with van der Waals surface area (Å²) in [5.74, 6) is 0.595. The minimum atomic E-state index is -0.907. The molecule has 0 radical (unpaired) electrons. The Morgan fingerprint density at radius 3 is 2.88 bits per heavy atom. The van der Waals surface area contributed by atoms with Gasteiger partial charge >= 0.3 is 0 Å². The molecule has 2 N–H and O–H groups in total. The molecule has 94 valence electrons. The Morgan fingerprint density at radius 1 is 1.53 bits per heavy atom. The highest BCUT2D eigenvalue weighted by molar-refractivity contribution is 7.84. The number of phenolic OH excluding ortho intramolecular Hbond substituents is 1. The van der Waals surface area contributed by atoms with Crippen molar-refractivity contribution in [3.63, 3.8) is 0 Å². The molecule has 1 atom stereocenters. The summed E-state index contributed by atoms with van der Waals surface area (Å²) in [6.07, 6.45) is 0. The number of nitrogens with one attached hydrogen (secondary N) is 1. The fourth-order valence-corrected chi connectivity index (χ4v) is 2.03. The van der Waals surface area contributed by atoms with E-state index < -0.39 is 10.8 Å². The Hall–Kier alpha value is -1.07. The predicted molar refractivity (Wildman–Crippen MR) is 69.0 cm³/mol. The van der Waals surface area contributed by atoms with Crippen LogP contribution < -0.4 is 5.32 Å². The number of carbonyl (C=O) groups is 1. The van der Waals surface area contributed by atoms with E-state index in [1.807, 2.05) is 6.92 Å². The lowest BCUT2D eigenvalue weighted by Gasteiger charge is -2.06. The van der Waals surface area contributed by atoms with Gasteiger partial charge in [0.1, 0.15) is 5.75 Å². The number of amides is 1. The number of halogens is 1. The summed E-state index contributed by atoms with van der Waals surface area (Å²) >= 11 is 5.83. The average Bonchev–Trinajstić information content (AvgIpc) is 2.31. The zero-order valence-corrected chi connectivity index (χ0v) is 11.0. The van der Waals surface area contributed by atoms with E-state index in [-0.39, 0.29) is 22.2 Å². The van der Waals surface area contributed by atoms with E-state index >= 15 is 0 Å². The number of hydrogen-bond acceptors (Lipinski definition) is 3. The topological polar surface area (TPSA) is 66.4 Å². The van der Waals surface area contributed by atoms with E-state index in [1.165, 1.54) is 18.2 Å². The molecule has 0 aromatic heterocycles. The fraction of sp³-hybridized carbons (Fsp3) is 0.364. The predicted octanol–water partition coefficient (Wildman–Crippen LogP) is 1.54. The first-order valence-corrected chi connectivity index (χ1v) is 7.03. The van der Waals surface area contributed by atoms with Crippen LogP contribution in [-0.2, 0) is 10.8 Å². The maximum atomic E-state index is 11.7. The molecule has 1 amide bonds. The molecular weight excluding hydrogens is 262 g/mol. The molecule has 4 nitrogen and oxygen atoms in total. The highest BCUT2D eigenvalue weighted by Crippen LogP contribution is 2.20. The van der Waals surface area contributed by atoms with Gasteiger partial charge in [-0.1, -0.05) is 18.5 Å². The lowest BCUT2D eigenvalue weighted by molar-refractivity contribution is 0.0956. The Balaban J connectivity index is 2.58. The van der Waals surface area contributed by atoms with Crippen molar-refractivity contribution in [2.24, 2.45) is 0 Å². The smallest absolute Gasteiger partial charge is 0.252 e. The monoisotopic (exact) mass is 275 g/mol. The molecule has 1 aromatic rings. The van der Waals surface area contributed by atoms with Gasteiger partial charge in [-0.2, -0.15) is 0 Å². The van der Waals surface area contributed by atoms with Crippen LogP contribution in [0, 0.1) is 0 Å². The zero-order chi connectivity index (χ0) is 12.8. The highest BCUT2D eigenvalue weighted by Gasteiger charge is 2.10. The lowest BCUT2D eigenvalue weighted by Crippen LogP contribution is -2.28. The van der Waals surface area contributed by atoms with Crippen LogP contribution in [0.15, 0.2) is 18.2 Å². The van der Waals surface area contributed by atoms with Crippen LogP contribution in [0.3, 0.4) is 0 Å². The molecule has 0 spiro atoms. The third-order valence-electron chi connectivity index (χ3n) is 2.13. The van der Waals surface area contributed by atoms with E-state index in [0.29, 0.717) is 18.1 Å². The summed E-state index contributed by atoms with van der Waals surface area (Å²) in [5, 5.41) is 12.1. The van der Waals surface area contributed by atoms with E-state index in [0.717, 1.165) is 0 Å². The van der Waals surface area contributed by atoms with E-state index in [4.69, 9.17) is 11.6 Å². The van der Waals surface area contributed by atoms with Crippen molar-refractivity contribution in [1.29, 1.82) is 0 Å². The van der Waals surface area contributed by atoms with Crippen molar-refractivity contribution in [2.45, 2.75) is 6.92 Å². The summed E-state index contributed by atoms with van der Waals surface area (Å²) < 4.78 is 11.1. The van der Waals surface area contributed by atoms with Gasteiger partial charge in [0.2, 0.25) is 0 Å². The second-order valence-corrected chi connectivity index (χ2v) is 5.63. The quantitative estimate of drug-likeness (QED) is 0.857. The van der Waals surface area contributed by atoms with Gasteiger partial charge < -0.3 is 10.4 Å². The number of rotatable bonds is 5. The molecule has 0 saturated carbocycles. The van der Waals surface area contributed by atoms with Crippen LogP contribution in [-0.4, -0.2) is 33.3 Å². The Labute approximate surface area is 107 Å². The molecule has 1 rings (SSSR count). The fourth-order valence-electron chi connectivity index (χ4n) is 1.21. The minimum absolute atomic E-state index is 0.0170. The number of aromatic hydroxyl groups is 1. The molecule has 0 saturated heterocycles. The van der Waals surface area contributed by atoms with Crippen molar-refractivity contribution in [3.8, 4) is 5.75 Å². The van der Waals surface area contributed by atoms with Crippen LogP contribution in [0.25, 0.3) is 0 Å². The molecule has 0 aliphatic carbocycles. The van der Waals surface area contributed by atoms with Crippen LogP contribution in [0.2, 0.25) is 5.02 Å². The summed E-state index contributed by atoms with van der Waals surface area (Å²) in [6.45, 7) is 2.15. The molecule has 0 fully saturated rings. The lowest BCUT2D eigenvalue weighted by atomic mass is 10.2. The van der Waals surface area contributed by atoms with Gasteiger partial charge in [-0.25, -0.2) is 0 Å². The number of benzene rings is 1. The van der Waals surface area contributed by atoms with Crippen LogP contribution >= 0.6 is 11.6 Å². The molecule has 6 heteroatoms. The number of carbonyl (C=O) groups excluding carboxylic acids is 1. The molecule has 17 heavy (non-hydrogen) atoms. The van der Waals surface area contributed by atoms with Crippen molar-refractivity contribution >= 4 is 28.3 Å². The maximum Gasteiger partial charge on any atom is 0.252 e. The van der Waals surface area contributed by atoms with Crippen LogP contribution in [0.1, 0.15) is 17.3 Å². The summed E-state index contributed by atoms with van der Waals surface area (Å²) in [7, 11) is -0.907. The molecular formula is C11H14ClNO3S. The van der Waals surface area contributed by atoms with Gasteiger partial charge in [0.25, 0.3) is 5.91 Å². The van der Waals surface area contributed by atoms with Crippen molar-refractivity contribution in [1.82, 2.24) is 5.32 Å². The normalized spacial score (nSPS) is 12.1. The van der Waals surface area contributed by atoms with Crippen LogP contribution in [0.4, 0.5) is 0 Å². The summed E-state index contributed by atoms with van der Waals surface area (Å²) in [6, 6.07) is 4.16. The molecule has 1 unspecified atom stereocenters. The number of phenols is 1. The maximum absolute atomic E-state index is 11.7. The first-order chi connectivity index (χ1) is 8.04. The molecule has 1 aromatic carbocycles. The first-order valence-electron chi connectivity index (χ1n) is 5.16. The van der Waals surface area contributed by atoms with Gasteiger partial charge in [-0.3, -0.25) is 9.00 Å². The zero-order valence-electron chi connectivity index (χ0n) is 9.40. The van der Waals surface area contributed by atoms with Crippen LogP contribution in [0.5, 0.6) is 5.75 Å². The molecule has 0 aliphatic heterocycles. The average molecular weight is 276 g/mol. The largest absolute Gasteiger partial charge is 0.508 e. The Kier molecular flexibility index (Phi) is 5.44. The third kappa shape index (κ3) is 4.36. The van der Waals surface area contributed by atoms with Gasteiger partial charge in [-0.05, 0) is 18.2 Å². The van der Waals surface area contributed by atoms with E-state index in [9.17, 15) is 14.1 Å². The first kappa shape index (κ1) is 14.0. The van der Waals surface area contributed by atoms with Gasteiger partial charge in [-0.15, -0.1) is 0 Å². The highest BCUT2D eigenvalue weighted by atomic mass is 35.5. The second-order valence-electron chi connectivity index (χ2n) is 3.35. The number of hydrogen-bond donors (Lipinski definition) is 2. The summed E-state index contributed by atoms with van der Waals surface area (Å²) in [5.41, 5.74) is 0.217. The third-order valence-corrected chi connectivity index (χ3v) is 3.76. The Morgan fingerprint density at radius 2 is 2.24 bits per heavy atom. The van der Waals surface area contributed by atoms with Gasteiger partial charge in [0, 0.05) is 28.9 Å². The minimum Gasteiger partial charge on any atom is -0.508 e. The Bertz CT molecular complexity index is 437. The standard InChI is InChI=1S/C11H14ClNO3S/c1-2-17(16)6-5-13-11(15)9-7-8(14)3-4-10(9)12/h3-4,7,14H,2,5-6H2,1H3,(H,13,15). The van der Waals surface area contributed by atoms with Gasteiger partial charge in [0.15, 0.2) is 0 Å². The van der Waals surface area contributed by atoms with Crippen molar-refractivity contribution in [2.75, 3.05) is 18.1 Å². The van der Waals surface area contributed by atoms with Crippen molar-refractivity contribution in [3.05, 3.63) is 28.8 Å². The van der Waals surface area contributed by atoms with E-state index in [2.05, 4.69) is 5.32 Å². The molecule has 0 bridgehead atoms.